The SMILES string of the molecule is Nc1ncnc2c1ncn2[C@@H]1O[C@H](CSCCNCc2cccc(-c3ccncc3)c2)[C@@H](O)[C@H]1O. The van der Waals surface area contributed by atoms with Gasteiger partial charge in [-0.15, -0.1) is 0 Å². The van der Waals surface area contributed by atoms with Crippen LogP contribution in [0.25, 0.3) is 22.3 Å². The minimum Gasteiger partial charge on any atom is -0.387 e. The molecule has 1 aliphatic heterocycles. The van der Waals surface area contributed by atoms with Crippen LogP contribution in [0.2, 0.25) is 0 Å². The number of nitrogens with two attached hydrogens (primary N) is 1. The fourth-order valence-electron chi connectivity index (χ4n) is 4.13. The van der Waals surface area contributed by atoms with E-state index in [0.29, 0.717) is 16.9 Å². The Morgan fingerprint density at radius 2 is 1.91 bits per heavy atom. The maximum Gasteiger partial charge on any atom is 0.167 e. The van der Waals surface area contributed by atoms with Crippen molar-refractivity contribution in [2.45, 2.75) is 31.1 Å². The van der Waals surface area contributed by atoms with Gasteiger partial charge in [-0.05, 0) is 34.9 Å². The number of ether oxygens (including phenoxy) is 1. The molecule has 0 unspecified atom stereocenters. The van der Waals surface area contributed by atoms with E-state index >= 15 is 0 Å². The number of fused-ring (bicyclic) bond motifs is 1. The van der Waals surface area contributed by atoms with Crippen molar-refractivity contribution in [1.82, 2.24) is 29.8 Å². The molecule has 4 heterocycles. The lowest BCUT2D eigenvalue weighted by Gasteiger charge is -2.16. The molecule has 182 valence electrons. The van der Waals surface area contributed by atoms with Crippen LogP contribution in [0.1, 0.15) is 11.8 Å². The monoisotopic (exact) mass is 493 g/mol. The lowest BCUT2D eigenvalue weighted by Crippen LogP contribution is -2.32. The molecule has 11 heteroatoms. The number of hydrogen-bond acceptors (Lipinski definition) is 10. The number of nitrogens with zero attached hydrogens (tertiary/aromatic N) is 5. The average molecular weight is 494 g/mol. The van der Waals surface area contributed by atoms with Gasteiger partial charge in [0.15, 0.2) is 17.7 Å². The van der Waals surface area contributed by atoms with Gasteiger partial charge in [0.05, 0.1) is 12.4 Å². The lowest BCUT2D eigenvalue weighted by atomic mass is 10.0. The Morgan fingerprint density at radius 3 is 2.77 bits per heavy atom. The van der Waals surface area contributed by atoms with Crippen molar-refractivity contribution < 1.29 is 14.9 Å². The number of aliphatic hydroxyl groups excluding tert-OH is 2. The first-order valence-corrected chi connectivity index (χ1v) is 12.5. The zero-order valence-corrected chi connectivity index (χ0v) is 19.8. The summed E-state index contributed by atoms with van der Waals surface area (Å²) in [6.07, 6.45) is 3.03. The van der Waals surface area contributed by atoms with Gasteiger partial charge in [-0.2, -0.15) is 11.8 Å². The number of pyridine rings is 1. The zero-order chi connectivity index (χ0) is 24.2. The predicted octanol–water partition coefficient (Wildman–Crippen LogP) is 1.61. The Morgan fingerprint density at radius 1 is 1.06 bits per heavy atom. The van der Waals surface area contributed by atoms with Gasteiger partial charge < -0.3 is 26.0 Å². The van der Waals surface area contributed by atoms with Crippen LogP contribution in [0.4, 0.5) is 5.82 Å². The van der Waals surface area contributed by atoms with E-state index in [2.05, 4.69) is 49.5 Å². The van der Waals surface area contributed by atoms with E-state index in [1.54, 1.807) is 28.7 Å². The van der Waals surface area contributed by atoms with Gasteiger partial charge >= 0.3 is 0 Å². The van der Waals surface area contributed by atoms with E-state index in [0.717, 1.165) is 24.4 Å². The third-order valence-electron chi connectivity index (χ3n) is 5.97. The molecule has 35 heavy (non-hydrogen) atoms. The first-order chi connectivity index (χ1) is 17.1. The highest BCUT2D eigenvalue weighted by molar-refractivity contribution is 7.99. The molecule has 10 nitrogen and oxygen atoms in total. The van der Waals surface area contributed by atoms with Crippen molar-refractivity contribution in [2.75, 3.05) is 23.8 Å². The molecule has 0 bridgehead atoms. The minimum atomic E-state index is -1.10. The summed E-state index contributed by atoms with van der Waals surface area (Å²) in [7, 11) is 0. The Bertz CT molecular complexity index is 1270. The highest BCUT2D eigenvalue weighted by atomic mass is 32.2. The highest BCUT2D eigenvalue weighted by Crippen LogP contribution is 2.33. The van der Waals surface area contributed by atoms with Crippen molar-refractivity contribution in [2.24, 2.45) is 0 Å². The standard InChI is InChI=1S/C24H27N7O3S/c25-22-19-23(29-13-28-22)31(14-30-19)24-21(33)20(32)18(34-24)12-35-9-8-27-11-15-2-1-3-17(10-15)16-4-6-26-7-5-16/h1-7,10,13-14,18,20-21,24,27,32-33H,8-9,11-12H2,(H2,25,28,29)/t18-,20-,21-,24-/m1/s1. The largest absolute Gasteiger partial charge is 0.387 e. The molecular weight excluding hydrogens is 466 g/mol. The molecule has 1 saturated heterocycles. The summed E-state index contributed by atoms with van der Waals surface area (Å²) < 4.78 is 7.58. The van der Waals surface area contributed by atoms with Crippen LogP contribution in [-0.2, 0) is 11.3 Å². The van der Waals surface area contributed by atoms with Gasteiger partial charge in [0, 0.05) is 37.0 Å². The number of anilines is 1. The number of rotatable bonds is 9. The summed E-state index contributed by atoms with van der Waals surface area (Å²) in [5.74, 6) is 1.65. The van der Waals surface area contributed by atoms with E-state index in [4.69, 9.17) is 10.5 Å². The van der Waals surface area contributed by atoms with Gasteiger partial charge in [0.25, 0.3) is 0 Å². The van der Waals surface area contributed by atoms with E-state index in [9.17, 15) is 10.2 Å². The van der Waals surface area contributed by atoms with Crippen LogP contribution < -0.4 is 11.1 Å². The van der Waals surface area contributed by atoms with Crippen molar-refractivity contribution in [3.63, 3.8) is 0 Å². The number of thioether (sulfide) groups is 1. The molecule has 1 fully saturated rings. The van der Waals surface area contributed by atoms with Gasteiger partial charge in [-0.25, -0.2) is 15.0 Å². The topological polar surface area (TPSA) is 144 Å². The zero-order valence-electron chi connectivity index (χ0n) is 18.9. The molecule has 0 amide bonds. The van der Waals surface area contributed by atoms with Crippen LogP contribution in [0.5, 0.6) is 0 Å². The molecule has 4 aromatic rings. The molecule has 3 aromatic heterocycles. The van der Waals surface area contributed by atoms with Gasteiger partial charge in [-0.3, -0.25) is 9.55 Å². The summed E-state index contributed by atoms with van der Waals surface area (Å²) >= 11 is 1.66. The summed E-state index contributed by atoms with van der Waals surface area (Å²) in [6, 6.07) is 12.4. The summed E-state index contributed by atoms with van der Waals surface area (Å²) in [4.78, 5) is 16.4. The normalized spacial score (nSPS) is 22.1. The second-order valence-corrected chi connectivity index (χ2v) is 9.47. The fourth-order valence-corrected chi connectivity index (χ4v) is 5.10. The maximum atomic E-state index is 10.6. The maximum absolute atomic E-state index is 10.6. The molecule has 0 radical (unpaired) electrons. The van der Waals surface area contributed by atoms with E-state index in [1.807, 2.05) is 12.1 Å². The third-order valence-corrected chi connectivity index (χ3v) is 7.03. The number of nitrogens with one attached hydrogen (secondary N) is 1. The predicted molar refractivity (Wildman–Crippen MR) is 134 cm³/mol. The van der Waals surface area contributed by atoms with Crippen LogP contribution in [0, 0.1) is 0 Å². The number of benzene rings is 1. The molecule has 1 aromatic carbocycles. The second kappa shape index (κ2) is 10.7. The first-order valence-electron chi connectivity index (χ1n) is 11.3. The number of aromatic nitrogens is 5. The van der Waals surface area contributed by atoms with Crippen LogP contribution >= 0.6 is 11.8 Å². The van der Waals surface area contributed by atoms with Crippen LogP contribution in [0.15, 0.2) is 61.4 Å². The Hall–Kier alpha value is -3.09. The molecule has 4 atom stereocenters. The summed E-state index contributed by atoms with van der Waals surface area (Å²) in [5, 5.41) is 24.6. The number of imidazole rings is 1. The smallest absolute Gasteiger partial charge is 0.167 e. The molecule has 1 aliphatic rings. The van der Waals surface area contributed by atoms with Gasteiger partial charge in [0.1, 0.15) is 24.1 Å². The van der Waals surface area contributed by atoms with Crippen molar-refractivity contribution in [1.29, 1.82) is 0 Å². The fraction of sp³-hybridized carbons (Fsp3) is 0.333. The van der Waals surface area contributed by atoms with Crippen molar-refractivity contribution in [3.8, 4) is 11.1 Å². The lowest BCUT2D eigenvalue weighted by molar-refractivity contribution is -0.0289. The summed E-state index contributed by atoms with van der Waals surface area (Å²) in [5.41, 5.74) is 10.3. The van der Waals surface area contributed by atoms with Crippen molar-refractivity contribution in [3.05, 3.63) is 67.0 Å². The quantitative estimate of drug-likeness (QED) is 0.254. The van der Waals surface area contributed by atoms with Crippen molar-refractivity contribution >= 4 is 28.7 Å². The molecule has 0 saturated carbocycles. The minimum absolute atomic E-state index is 0.255. The van der Waals surface area contributed by atoms with Gasteiger partial charge in [0.2, 0.25) is 0 Å². The van der Waals surface area contributed by atoms with Gasteiger partial charge in [-0.1, -0.05) is 18.2 Å². The molecule has 0 spiro atoms. The van der Waals surface area contributed by atoms with Crippen LogP contribution in [-0.4, -0.2) is 71.1 Å². The number of nitrogen functional groups attached to an aromatic ring is 1. The Kier molecular flexibility index (Phi) is 7.21. The first kappa shape index (κ1) is 23.6. The molecule has 5 rings (SSSR count). The summed E-state index contributed by atoms with van der Waals surface area (Å²) in [6.45, 7) is 1.57. The van der Waals surface area contributed by atoms with Crippen LogP contribution in [0.3, 0.4) is 0 Å². The molecule has 5 N–H and O–H groups in total. The van der Waals surface area contributed by atoms with E-state index in [1.165, 1.54) is 23.8 Å². The number of hydrogen-bond donors (Lipinski definition) is 4. The highest BCUT2D eigenvalue weighted by Gasteiger charge is 2.44. The molecule has 0 aliphatic carbocycles. The molecular formula is C24H27N7O3S. The Balaban J connectivity index is 1.09. The third kappa shape index (κ3) is 5.14. The van der Waals surface area contributed by atoms with E-state index < -0.39 is 24.5 Å². The number of aliphatic hydroxyl groups is 2. The Labute approximate surface area is 206 Å². The second-order valence-electron chi connectivity index (χ2n) is 8.32. The average Bonchev–Trinajstić information content (AvgIpc) is 3.44. The van der Waals surface area contributed by atoms with E-state index in [-0.39, 0.29) is 5.82 Å².